The number of halogens is 1. The van der Waals surface area contributed by atoms with Crippen LogP contribution in [0.15, 0.2) is 72.8 Å². The number of hydrogen-bond donors (Lipinski definition) is 0. The van der Waals surface area contributed by atoms with Crippen molar-refractivity contribution in [3.05, 3.63) is 84.2 Å². The topological polar surface area (TPSA) is 0 Å². The van der Waals surface area contributed by atoms with E-state index in [9.17, 15) is 0 Å². The fraction of sp³-hybridized carbons (Fsp3) is 0.515. The molecule has 3 aliphatic carbocycles. The standard InChI is InChI=1S/C33H41F/c1-4-25-15-16-26(25)14-13-23(2)24(3)30-17-18-33(19-20-33)22-29(30)21-28-11-8-12-31(32(28)34)27-9-6-5-7-10-27/h5-14,24-26,29-30H,2,4,15-22H2,1,3H3/b14-13+/t24?,25-,26?,29-,30?/m0/s1. The number of rotatable bonds is 8. The molecule has 3 unspecified atom stereocenters. The lowest BCUT2D eigenvalue weighted by molar-refractivity contribution is 0.131. The van der Waals surface area contributed by atoms with Gasteiger partial charge in [-0.1, -0.05) is 93.1 Å². The van der Waals surface area contributed by atoms with Crippen LogP contribution in [0.25, 0.3) is 11.1 Å². The van der Waals surface area contributed by atoms with E-state index < -0.39 is 0 Å². The van der Waals surface area contributed by atoms with E-state index in [0.717, 1.165) is 34.9 Å². The van der Waals surface area contributed by atoms with E-state index >= 15 is 4.39 Å². The Morgan fingerprint density at radius 3 is 2.50 bits per heavy atom. The molecule has 0 amide bonds. The van der Waals surface area contributed by atoms with Crippen molar-refractivity contribution in [1.29, 1.82) is 0 Å². The molecular formula is C33H41F. The van der Waals surface area contributed by atoms with Gasteiger partial charge in [0.15, 0.2) is 0 Å². The molecule has 0 aromatic heterocycles. The fourth-order valence-electron chi connectivity index (χ4n) is 6.92. The first-order chi connectivity index (χ1) is 16.5. The Morgan fingerprint density at radius 1 is 1.03 bits per heavy atom. The Bertz CT molecular complexity index is 1030. The van der Waals surface area contributed by atoms with E-state index in [-0.39, 0.29) is 5.82 Å². The monoisotopic (exact) mass is 456 g/mol. The first kappa shape index (κ1) is 23.6. The highest BCUT2D eigenvalue weighted by Gasteiger charge is 2.49. The number of hydrogen-bond acceptors (Lipinski definition) is 0. The van der Waals surface area contributed by atoms with Crippen LogP contribution in [-0.2, 0) is 6.42 Å². The maximum Gasteiger partial charge on any atom is 0.134 e. The van der Waals surface area contributed by atoms with Gasteiger partial charge in [0.25, 0.3) is 0 Å². The molecule has 5 rings (SSSR count). The van der Waals surface area contributed by atoms with Crippen LogP contribution in [0.3, 0.4) is 0 Å². The SMILES string of the molecule is C=C(/C=C/C1CC[C@@H]1CC)C(C)C1CCC2(CC2)C[C@@H]1Cc1cccc(-c2ccccc2)c1F. The minimum absolute atomic E-state index is 0.0233. The molecule has 180 valence electrons. The summed E-state index contributed by atoms with van der Waals surface area (Å²) in [5.74, 6) is 3.18. The van der Waals surface area contributed by atoms with E-state index in [1.54, 1.807) is 0 Å². The van der Waals surface area contributed by atoms with Crippen LogP contribution in [0.5, 0.6) is 0 Å². The minimum Gasteiger partial charge on any atom is -0.206 e. The molecule has 0 nitrogen and oxygen atoms in total. The normalized spacial score (nSPS) is 28.6. The third-order valence-corrected chi connectivity index (χ3v) is 9.70. The Labute approximate surface area is 206 Å². The van der Waals surface area contributed by atoms with Crippen LogP contribution in [0.1, 0.15) is 70.8 Å². The molecular weight excluding hydrogens is 415 g/mol. The van der Waals surface area contributed by atoms with Crippen molar-refractivity contribution in [2.75, 3.05) is 0 Å². The summed E-state index contributed by atoms with van der Waals surface area (Å²) in [4.78, 5) is 0. The molecule has 1 spiro atoms. The molecule has 0 N–H and O–H groups in total. The highest BCUT2D eigenvalue weighted by atomic mass is 19.1. The quantitative estimate of drug-likeness (QED) is 0.347. The molecule has 0 radical (unpaired) electrons. The molecule has 34 heavy (non-hydrogen) atoms. The second kappa shape index (κ2) is 9.84. The maximum atomic E-state index is 15.7. The Hall–Kier alpha value is -2.15. The molecule has 3 saturated carbocycles. The highest BCUT2D eigenvalue weighted by Crippen LogP contribution is 2.60. The third kappa shape index (κ3) is 4.81. The zero-order valence-electron chi connectivity index (χ0n) is 21.1. The van der Waals surface area contributed by atoms with E-state index in [2.05, 4.69) is 32.6 Å². The van der Waals surface area contributed by atoms with Crippen LogP contribution < -0.4 is 0 Å². The molecule has 3 fully saturated rings. The number of benzene rings is 2. The summed E-state index contributed by atoms with van der Waals surface area (Å²) in [6.07, 6.45) is 16.3. The third-order valence-electron chi connectivity index (χ3n) is 9.70. The van der Waals surface area contributed by atoms with Crippen molar-refractivity contribution in [3.8, 4) is 11.1 Å². The lowest BCUT2D eigenvalue weighted by atomic mass is 9.64. The van der Waals surface area contributed by atoms with Crippen molar-refractivity contribution >= 4 is 0 Å². The molecule has 0 saturated heterocycles. The van der Waals surface area contributed by atoms with Gasteiger partial charge in [-0.05, 0) is 97.5 Å². The fourth-order valence-corrected chi connectivity index (χ4v) is 6.92. The van der Waals surface area contributed by atoms with Gasteiger partial charge >= 0.3 is 0 Å². The summed E-state index contributed by atoms with van der Waals surface area (Å²) in [7, 11) is 0. The Kier molecular flexibility index (Phi) is 6.83. The van der Waals surface area contributed by atoms with Crippen molar-refractivity contribution in [2.45, 2.75) is 71.6 Å². The summed E-state index contributed by atoms with van der Waals surface area (Å²) in [5, 5.41) is 0. The largest absolute Gasteiger partial charge is 0.206 e. The van der Waals surface area contributed by atoms with Crippen LogP contribution >= 0.6 is 0 Å². The maximum absolute atomic E-state index is 15.7. The molecule has 2 aromatic carbocycles. The van der Waals surface area contributed by atoms with E-state index in [0.29, 0.717) is 23.2 Å². The van der Waals surface area contributed by atoms with Gasteiger partial charge in [-0.2, -0.15) is 0 Å². The summed E-state index contributed by atoms with van der Waals surface area (Å²) in [6.45, 7) is 9.21. The average molecular weight is 457 g/mol. The first-order valence-corrected chi connectivity index (χ1v) is 13.7. The van der Waals surface area contributed by atoms with Gasteiger partial charge in [-0.25, -0.2) is 4.39 Å². The lowest BCUT2D eigenvalue weighted by Crippen LogP contribution is -2.32. The summed E-state index contributed by atoms with van der Waals surface area (Å²) in [5.41, 5.74) is 4.43. The van der Waals surface area contributed by atoms with Crippen molar-refractivity contribution in [1.82, 2.24) is 0 Å². The van der Waals surface area contributed by atoms with Crippen LogP contribution in [-0.4, -0.2) is 0 Å². The molecule has 0 bridgehead atoms. The van der Waals surface area contributed by atoms with Crippen molar-refractivity contribution in [3.63, 3.8) is 0 Å². The lowest BCUT2D eigenvalue weighted by Gasteiger charge is -2.40. The predicted molar refractivity (Wildman–Crippen MR) is 142 cm³/mol. The van der Waals surface area contributed by atoms with Crippen LogP contribution in [0.4, 0.5) is 4.39 Å². The Morgan fingerprint density at radius 2 is 1.82 bits per heavy atom. The van der Waals surface area contributed by atoms with Gasteiger partial charge in [-0.15, -0.1) is 0 Å². The van der Waals surface area contributed by atoms with E-state index in [1.807, 2.05) is 48.5 Å². The molecule has 3 aliphatic rings. The molecule has 1 heteroatoms. The van der Waals surface area contributed by atoms with Gasteiger partial charge < -0.3 is 0 Å². The van der Waals surface area contributed by atoms with Gasteiger partial charge in [-0.3, -0.25) is 0 Å². The molecule has 0 heterocycles. The predicted octanol–water partition coefficient (Wildman–Crippen LogP) is 9.42. The van der Waals surface area contributed by atoms with Gasteiger partial charge in [0.1, 0.15) is 5.82 Å². The second-order valence-corrected chi connectivity index (χ2v) is 11.6. The van der Waals surface area contributed by atoms with E-state index in [4.69, 9.17) is 0 Å². The smallest absolute Gasteiger partial charge is 0.134 e. The summed E-state index contributed by atoms with van der Waals surface area (Å²) < 4.78 is 15.7. The first-order valence-electron chi connectivity index (χ1n) is 13.7. The van der Waals surface area contributed by atoms with Gasteiger partial charge in [0, 0.05) is 5.56 Å². The van der Waals surface area contributed by atoms with Gasteiger partial charge in [0.2, 0.25) is 0 Å². The molecule has 2 aromatic rings. The molecule has 5 atom stereocenters. The summed E-state index contributed by atoms with van der Waals surface area (Å²) in [6, 6.07) is 16.0. The number of allylic oxidation sites excluding steroid dienone is 3. The van der Waals surface area contributed by atoms with E-state index in [1.165, 1.54) is 56.9 Å². The highest BCUT2D eigenvalue weighted by molar-refractivity contribution is 5.65. The minimum atomic E-state index is -0.0233. The van der Waals surface area contributed by atoms with Crippen molar-refractivity contribution in [2.24, 2.45) is 35.0 Å². The van der Waals surface area contributed by atoms with Crippen molar-refractivity contribution < 1.29 is 4.39 Å². The van der Waals surface area contributed by atoms with Gasteiger partial charge in [0.05, 0.1) is 0 Å². The zero-order valence-corrected chi connectivity index (χ0v) is 21.1. The Balaban J connectivity index is 1.34. The summed E-state index contributed by atoms with van der Waals surface area (Å²) >= 11 is 0. The molecule has 0 aliphatic heterocycles. The second-order valence-electron chi connectivity index (χ2n) is 11.6. The zero-order chi connectivity index (χ0) is 23.7. The van der Waals surface area contributed by atoms with Crippen LogP contribution in [0.2, 0.25) is 0 Å². The van der Waals surface area contributed by atoms with Crippen LogP contribution in [0, 0.1) is 40.8 Å². The average Bonchev–Trinajstić information content (AvgIpc) is 3.58.